The van der Waals surface area contributed by atoms with Crippen molar-refractivity contribution in [3.8, 4) is 23.5 Å². The highest BCUT2D eigenvalue weighted by Gasteiger charge is 2.14. The zero-order valence-corrected chi connectivity index (χ0v) is 10.4. The smallest absolute Gasteiger partial charge is 0.337 e. The molecule has 0 spiro atoms. The van der Waals surface area contributed by atoms with E-state index in [1.54, 1.807) is 0 Å². The van der Waals surface area contributed by atoms with E-state index in [2.05, 4.69) is 21.5 Å². The number of methoxy groups -OCH3 is 3. The second-order valence-corrected chi connectivity index (χ2v) is 3.34. The van der Waals surface area contributed by atoms with Crippen LogP contribution in [0.25, 0.3) is 0 Å². The van der Waals surface area contributed by atoms with Crippen LogP contribution >= 0.6 is 0 Å². The predicted molar refractivity (Wildman–Crippen MR) is 64.5 cm³/mol. The van der Waals surface area contributed by atoms with Gasteiger partial charge in [0.1, 0.15) is 6.11 Å². The maximum atomic E-state index is 11.5. The van der Waals surface area contributed by atoms with Crippen molar-refractivity contribution in [2.24, 2.45) is 0 Å². The van der Waals surface area contributed by atoms with Crippen molar-refractivity contribution < 1.29 is 24.1 Å². The average molecular weight is 250 g/mol. The van der Waals surface area contributed by atoms with E-state index in [1.807, 2.05) is 0 Å². The van der Waals surface area contributed by atoms with Crippen molar-refractivity contribution in [3.05, 3.63) is 23.3 Å². The second-order valence-electron chi connectivity index (χ2n) is 3.34. The molecule has 96 valence electrons. The minimum absolute atomic E-state index is 0.0458. The van der Waals surface area contributed by atoms with Gasteiger partial charge in [0.15, 0.2) is 11.5 Å². The minimum atomic E-state index is -0.505. The molecule has 0 fully saturated rings. The largest absolute Gasteiger partial charge is 0.504 e. The Bertz CT molecular complexity index is 496. The van der Waals surface area contributed by atoms with Gasteiger partial charge in [0.05, 0.1) is 26.9 Å². The van der Waals surface area contributed by atoms with E-state index >= 15 is 0 Å². The summed E-state index contributed by atoms with van der Waals surface area (Å²) in [6.07, 6.45) is 2.64. The Morgan fingerprint density at radius 3 is 2.61 bits per heavy atom. The van der Waals surface area contributed by atoms with E-state index in [9.17, 15) is 9.90 Å². The number of carbonyl (C=O) groups excluding carboxylic acids is 1. The van der Waals surface area contributed by atoms with Crippen LogP contribution in [0.1, 0.15) is 15.9 Å². The molecule has 1 rings (SSSR count). The van der Waals surface area contributed by atoms with Crippen LogP contribution in [0.15, 0.2) is 12.1 Å². The van der Waals surface area contributed by atoms with E-state index in [1.165, 1.54) is 33.5 Å². The van der Waals surface area contributed by atoms with Crippen LogP contribution in [0.5, 0.6) is 11.5 Å². The zero-order chi connectivity index (χ0) is 13.5. The molecule has 0 radical (unpaired) electrons. The second kappa shape index (κ2) is 6.40. The normalized spacial score (nSPS) is 9.06. The molecular formula is C13H14O5. The summed E-state index contributed by atoms with van der Waals surface area (Å²) >= 11 is 0. The Labute approximate surface area is 105 Å². The summed E-state index contributed by atoms with van der Waals surface area (Å²) in [5.74, 6) is 2.34. The van der Waals surface area contributed by atoms with Gasteiger partial charge in [0.2, 0.25) is 0 Å². The molecule has 0 saturated carbocycles. The third-order valence-corrected chi connectivity index (χ3v) is 2.25. The van der Waals surface area contributed by atoms with E-state index in [-0.39, 0.29) is 17.9 Å². The lowest BCUT2D eigenvalue weighted by molar-refractivity contribution is 0.0600. The molecule has 0 aromatic heterocycles. The van der Waals surface area contributed by atoms with Crippen LogP contribution in [0.2, 0.25) is 0 Å². The van der Waals surface area contributed by atoms with E-state index in [0.29, 0.717) is 11.1 Å². The van der Waals surface area contributed by atoms with Gasteiger partial charge in [-0.05, 0) is 12.1 Å². The molecule has 0 amide bonds. The molecule has 0 saturated heterocycles. The van der Waals surface area contributed by atoms with Crippen LogP contribution in [-0.2, 0) is 15.9 Å². The van der Waals surface area contributed by atoms with Gasteiger partial charge in [0, 0.05) is 12.0 Å². The summed E-state index contributed by atoms with van der Waals surface area (Å²) in [7, 11) is 4.13. The first-order chi connectivity index (χ1) is 8.63. The molecule has 18 heavy (non-hydrogen) atoms. The van der Waals surface area contributed by atoms with Crippen molar-refractivity contribution in [1.82, 2.24) is 0 Å². The van der Waals surface area contributed by atoms with Crippen molar-refractivity contribution >= 4 is 5.97 Å². The minimum Gasteiger partial charge on any atom is -0.504 e. The number of carbonyl (C=O) groups is 1. The number of hydrogen-bond acceptors (Lipinski definition) is 5. The first-order valence-electron chi connectivity index (χ1n) is 5.13. The molecule has 0 heterocycles. The van der Waals surface area contributed by atoms with Crippen LogP contribution < -0.4 is 4.74 Å². The number of ether oxygens (including phenoxy) is 3. The standard InChI is InChI=1S/C13H14O5/c1-16-6-4-5-9-7-10(13(15)18-3)8-11(17-2)12(9)14/h7-8,14H,5H2,1-3H3. The van der Waals surface area contributed by atoms with Gasteiger partial charge in [-0.25, -0.2) is 4.79 Å². The number of phenolic OH excluding ortho intramolecular Hbond substituents is 1. The Morgan fingerprint density at radius 2 is 2.06 bits per heavy atom. The molecule has 1 aromatic rings. The van der Waals surface area contributed by atoms with E-state index in [0.717, 1.165) is 0 Å². The maximum absolute atomic E-state index is 11.5. The van der Waals surface area contributed by atoms with Crippen LogP contribution in [0.3, 0.4) is 0 Å². The fourth-order valence-electron chi connectivity index (χ4n) is 1.40. The van der Waals surface area contributed by atoms with Crippen molar-refractivity contribution in [1.29, 1.82) is 0 Å². The third kappa shape index (κ3) is 3.08. The first-order valence-corrected chi connectivity index (χ1v) is 5.13. The monoisotopic (exact) mass is 250 g/mol. The van der Waals surface area contributed by atoms with Gasteiger partial charge in [-0.1, -0.05) is 5.92 Å². The van der Waals surface area contributed by atoms with Crippen LogP contribution in [-0.4, -0.2) is 32.4 Å². The molecule has 0 aliphatic rings. The topological polar surface area (TPSA) is 65.0 Å². The summed E-state index contributed by atoms with van der Waals surface area (Å²) in [4.78, 5) is 11.5. The lowest BCUT2D eigenvalue weighted by Gasteiger charge is -2.09. The lowest BCUT2D eigenvalue weighted by atomic mass is 10.1. The molecule has 0 atom stereocenters. The molecule has 0 aliphatic carbocycles. The number of phenols is 1. The lowest BCUT2D eigenvalue weighted by Crippen LogP contribution is -2.03. The Hall–Kier alpha value is -2.35. The van der Waals surface area contributed by atoms with Gasteiger partial charge in [-0.15, -0.1) is 0 Å². The van der Waals surface area contributed by atoms with Gasteiger partial charge in [0.25, 0.3) is 0 Å². The van der Waals surface area contributed by atoms with Crippen LogP contribution in [0, 0.1) is 12.0 Å². The fraction of sp³-hybridized carbons (Fsp3) is 0.308. The highest BCUT2D eigenvalue weighted by atomic mass is 16.5. The third-order valence-electron chi connectivity index (χ3n) is 2.25. The van der Waals surface area contributed by atoms with Crippen molar-refractivity contribution in [2.45, 2.75) is 6.42 Å². The molecule has 5 nitrogen and oxygen atoms in total. The summed E-state index contributed by atoms with van der Waals surface area (Å²) in [6, 6.07) is 2.92. The average Bonchev–Trinajstić information content (AvgIpc) is 2.40. The van der Waals surface area contributed by atoms with Crippen molar-refractivity contribution in [2.75, 3.05) is 21.3 Å². The zero-order valence-electron chi connectivity index (χ0n) is 10.4. The molecule has 1 N–H and O–H groups in total. The molecule has 5 heteroatoms. The molecule has 0 unspecified atom stereocenters. The molecule has 1 aromatic carbocycles. The van der Waals surface area contributed by atoms with E-state index < -0.39 is 5.97 Å². The predicted octanol–water partition coefficient (Wildman–Crippen LogP) is 1.34. The Kier molecular flexibility index (Phi) is 4.88. The summed E-state index contributed by atoms with van der Waals surface area (Å²) in [6.45, 7) is 0. The van der Waals surface area contributed by atoms with Gasteiger partial charge in [-0.3, -0.25) is 0 Å². The van der Waals surface area contributed by atoms with Crippen molar-refractivity contribution in [3.63, 3.8) is 0 Å². The maximum Gasteiger partial charge on any atom is 0.337 e. The first kappa shape index (κ1) is 13.7. The Morgan fingerprint density at radius 1 is 1.33 bits per heavy atom. The van der Waals surface area contributed by atoms with Gasteiger partial charge >= 0.3 is 5.97 Å². The summed E-state index contributed by atoms with van der Waals surface area (Å²) in [5, 5.41) is 9.88. The van der Waals surface area contributed by atoms with Gasteiger partial charge < -0.3 is 19.3 Å². The molecular weight excluding hydrogens is 236 g/mol. The summed E-state index contributed by atoms with van der Waals surface area (Å²) < 4.78 is 14.2. The van der Waals surface area contributed by atoms with E-state index in [4.69, 9.17) is 4.74 Å². The number of benzene rings is 1. The molecule has 0 aliphatic heterocycles. The molecule has 0 bridgehead atoms. The van der Waals surface area contributed by atoms with Gasteiger partial charge in [-0.2, -0.15) is 0 Å². The Balaban J connectivity index is 3.18. The number of hydrogen-bond donors (Lipinski definition) is 1. The fourth-order valence-corrected chi connectivity index (χ4v) is 1.40. The highest BCUT2D eigenvalue weighted by Crippen LogP contribution is 2.31. The number of rotatable bonds is 3. The highest BCUT2D eigenvalue weighted by molar-refractivity contribution is 5.90. The quantitative estimate of drug-likeness (QED) is 0.647. The number of aromatic hydroxyl groups is 1. The SMILES string of the molecule is COC#CCc1cc(C(=O)OC)cc(OC)c1O. The van der Waals surface area contributed by atoms with Crippen LogP contribution in [0.4, 0.5) is 0 Å². The summed E-state index contributed by atoms with van der Waals surface area (Å²) in [5.41, 5.74) is 0.765. The number of esters is 1.